The molecular weight excluding hydrogens is 392 g/mol. The van der Waals surface area contributed by atoms with Gasteiger partial charge in [-0.2, -0.15) is 0 Å². The van der Waals surface area contributed by atoms with Crippen molar-refractivity contribution < 1.29 is 24.6 Å². The van der Waals surface area contributed by atoms with Gasteiger partial charge in [0.25, 0.3) is 11.8 Å². The standard InChI is InChI=1S/C18H11ClN2O5S/c19-10-2-4-11(5-3-10)21-16(24)13(15(23)20-18(21)27)8-9-1-6-14(22)12(7-9)17(25)26/h1-8,22H,(H,25,26)(H,20,23,27). The Labute approximate surface area is 163 Å². The molecule has 0 bridgehead atoms. The van der Waals surface area contributed by atoms with Gasteiger partial charge in [-0.1, -0.05) is 17.7 Å². The lowest BCUT2D eigenvalue weighted by Gasteiger charge is -2.29. The summed E-state index contributed by atoms with van der Waals surface area (Å²) < 4.78 is 0. The second-order valence-corrected chi connectivity index (χ2v) is 6.34. The Kier molecular flexibility index (Phi) is 4.93. The molecule has 0 aromatic heterocycles. The summed E-state index contributed by atoms with van der Waals surface area (Å²) in [5.74, 6) is -3.14. The van der Waals surface area contributed by atoms with Crippen molar-refractivity contribution in [2.24, 2.45) is 0 Å². The van der Waals surface area contributed by atoms with Gasteiger partial charge in [-0.15, -0.1) is 0 Å². The van der Waals surface area contributed by atoms with E-state index < -0.39 is 23.5 Å². The van der Waals surface area contributed by atoms with Crippen LogP contribution in [0.1, 0.15) is 15.9 Å². The summed E-state index contributed by atoms with van der Waals surface area (Å²) in [6.45, 7) is 0. The summed E-state index contributed by atoms with van der Waals surface area (Å²) in [5.41, 5.74) is 0.0866. The molecule has 136 valence electrons. The van der Waals surface area contributed by atoms with E-state index in [9.17, 15) is 19.5 Å². The highest BCUT2D eigenvalue weighted by molar-refractivity contribution is 7.80. The van der Waals surface area contributed by atoms with E-state index in [0.717, 1.165) is 11.0 Å². The summed E-state index contributed by atoms with van der Waals surface area (Å²) in [4.78, 5) is 37.3. The van der Waals surface area contributed by atoms with Gasteiger partial charge in [-0.05, 0) is 60.3 Å². The zero-order valence-electron chi connectivity index (χ0n) is 13.5. The normalized spacial score (nSPS) is 15.8. The number of benzene rings is 2. The molecule has 27 heavy (non-hydrogen) atoms. The number of anilines is 1. The van der Waals surface area contributed by atoms with Crippen LogP contribution in [0, 0.1) is 0 Å². The number of nitrogens with zero attached hydrogens (tertiary/aromatic N) is 1. The molecule has 2 aromatic carbocycles. The van der Waals surface area contributed by atoms with Crippen molar-refractivity contribution in [3.8, 4) is 5.75 Å². The van der Waals surface area contributed by atoms with Crippen molar-refractivity contribution in [3.63, 3.8) is 0 Å². The van der Waals surface area contributed by atoms with Crippen LogP contribution < -0.4 is 10.2 Å². The number of phenols is 1. The van der Waals surface area contributed by atoms with Crippen molar-refractivity contribution in [1.29, 1.82) is 0 Å². The number of hydrogen-bond acceptors (Lipinski definition) is 5. The fraction of sp³-hybridized carbons (Fsp3) is 0. The zero-order valence-corrected chi connectivity index (χ0v) is 15.0. The van der Waals surface area contributed by atoms with Crippen molar-refractivity contribution >= 4 is 58.5 Å². The summed E-state index contributed by atoms with van der Waals surface area (Å²) >= 11 is 10.9. The molecule has 1 heterocycles. The van der Waals surface area contributed by atoms with Crippen molar-refractivity contribution in [1.82, 2.24) is 5.32 Å². The van der Waals surface area contributed by atoms with E-state index in [1.165, 1.54) is 18.2 Å². The Hall–Kier alpha value is -3.23. The largest absolute Gasteiger partial charge is 0.507 e. The van der Waals surface area contributed by atoms with Crippen LogP contribution in [-0.4, -0.2) is 33.1 Å². The number of carboxylic acid groups (broad SMARTS) is 1. The molecule has 2 aromatic rings. The molecule has 1 aliphatic heterocycles. The third kappa shape index (κ3) is 3.67. The number of nitrogens with one attached hydrogen (secondary N) is 1. The average molecular weight is 403 g/mol. The van der Waals surface area contributed by atoms with E-state index in [1.807, 2.05) is 0 Å². The van der Waals surface area contributed by atoms with Gasteiger partial charge in [0.2, 0.25) is 0 Å². The van der Waals surface area contributed by atoms with Crippen LogP contribution in [0.2, 0.25) is 5.02 Å². The molecule has 2 amide bonds. The summed E-state index contributed by atoms with van der Waals surface area (Å²) in [6, 6.07) is 10.0. The van der Waals surface area contributed by atoms with Gasteiger partial charge in [0.15, 0.2) is 5.11 Å². The Bertz CT molecular complexity index is 1020. The predicted octanol–water partition coefficient (Wildman–Crippen LogP) is 2.58. The first-order valence-electron chi connectivity index (χ1n) is 7.51. The highest BCUT2D eigenvalue weighted by Crippen LogP contribution is 2.25. The zero-order chi connectivity index (χ0) is 19.7. The number of carboxylic acids is 1. The van der Waals surface area contributed by atoms with Gasteiger partial charge in [-0.3, -0.25) is 19.8 Å². The second-order valence-electron chi connectivity index (χ2n) is 5.52. The van der Waals surface area contributed by atoms with Crippen molar-refractivity contribution in [2.75, 3.05) is 4.90 Å². The number of carbonyl (C=O) groups is 3. The molecule has 0 unspecified atom stereocenters. The highest BCUT2D eigenvalue weighted by atomic mass is 35.5. The van der Waals surface area contributed by atoms with E-state index >= 15 is 0 Å². The number of thiocarbonyl (C=S) groups is 1. The van der Waals surface area contributed by atoms with Crippen LogP contribution in [0.25, 0.3) is 6.08 Å². The monoisotopic (exact) mass is 402 g/mol. The van der Waals surface area contributed by atoms with Gasteiger partial charge in [0.1, 0.15) is 16.9 Å². The summed E-state index contributed by atoms with van der Waals surface area (Å²) in [6.07, 6.45) is 1.23. The number of amides is 2. The van der Waals surface area contributed by atoms with E-state index in [-0.39, 0.29) is 21.8 Å². The Balaban J connectivity index is 2.03. The van der Waals surface area contributed by atoms with E-state index in [2.05, 4.69) is 5.32 Å². The van der Waals surface area contributed by atoms with Gasteiger partial charge in [-0.25, -0.2) is 4.79 Å². The van der Waals surface area contributed by atoms with Gasteiger partial charge in [0.05, 0.1) is 5.69 Å². The maximum absolute atomic E-state index is 12.8. The average Bonchev–Trinajstić information content (AvgIpc) is 2.61. The van der Waals surface area contributed by atoms with Crippen LogP contribution in [0.3, 0.4) is 0 Å². The molecule has 3 N–H and O–H groups in total. The van der Waals surface area contributed by atoms with Crippen LogP contribution in [0.15, 0.2) is 48.0 Å². The molecule has 7 nitrogen and oxygen atoms in total. The Morgan fingerprint density at radius 1 is 1.15 bits per heavy atom. The number of aromatic carboxylic acids is 1. The molecule has 1 fully saturated rings. The smallest absolute Gasteiger partial charge is 0.339 e. The van der Waals surface area contributed by atoms with Crippen LogP contribution in [0.5, 0.6) is 5.75 Å². The Morgan fingerprint density at radius 2 is 1.81 bits per heavy atom. The lowest BCUT2D eigenvalue weighted by molar-refractivity contribution is -0.122. The van der Waals surface area contributed by atoms with Crippen molar-refractivity contribution in [2.45, 2.75) is 0 Å². The minimum absolute atomic E-state index is 0.0820. The summed E-state index contributed by atoms with van der Waals surface area (Å²) in [5, 5.41) is 21.5. The number of halogens is 1. The molecule has 0 radical (unpaired) electrons. The predicted molar refractivity (Wildman–Crippen MR) is 103 cm³/mol. The Morgan fingerprint density at radius 3 is 2.44 bits per heavy atom. The van der Waals surface area contributed by atoms with Gasteiger partial charge in [0, 0.05) is 5.02 Å². The molecule has 0 spiro atoms. The minimum atomic E-state index is -1.34. The summed E-state index contributed by atoms with van der Waals surface area (Å²) in [7, 11) is 0. The van der Waals surface area contributed by atoms with E-state index in [4.69, 9.17) is 28.9 Å². The molecule has 0 atom stereocenters. The van der Waals surface area contributed by atoms with Crippen LogP contribution in [-0.2, 0) is 9.59 Å². The van der Waals surface area contributed by atoms with Crippen LogP contribution >= 0.6 is 23.8 Å². The molecule has 0 saturated carbocycles. The molecular formula is C18H11ClN2O5S. The first-order valence-corrected chi connectivity index (χ1v) is 8.30. The van der Waals surface area contributed by atoms with Gasteiger partial charge >= 0.3 is 5.97 Å². The number of hydrogen-bond donors (Lipinski definition) is 3. The number of carbonyl (C=O) groups excluding carboxylic acids is 2. The highest BCUT2D eigenvalue weighted by Gasteiger charge is 2.34. The molecule has 1 saturated heterocycles. The second kappa shape index (κ2) is 7.18. The lowest BCUT2D eigenvalue weighted by atomic mass is 10.0. The third-order valence-electron chi connectivity index (χ3n) is 3.75. The fourth-order valence-electron chi connectivity index (χ4n) is 2.46. The first kappa shape index (κ1) is 18.6. The van der Waals surface area contributed by atoms with Crippen molar-refractivity contribution in [3.05, 3.63) is 64.2 Å². The molecule has 3 rings (SSSR count). The quantitative estimate of drug-likeness (QED) is 0.414. The van der Waals surface area contributed by atoms with E-state index in [1.54, 1.807) is 24.3 Å². The lowest BCUT2D eigenvalue weighted by Crippen LogP contribution is -2.54. The van der Waals surface area contributed by atoms with Gasteiger partial charge < -0.3 is 10.2 Å². The SMILES string of the molecule is O=C1NC(=S)N(c2ccc(Cl)cc2)C(=O)C1=Cc1ccc(O)c(C(=O)O)c1. The molecule has 0 aliphatic carbocycles. The van der Waals surface area contributed by atoms with E-state index in [0.29, 0.717) is 10.7 Å². The number of rotatable bonds is 3. The fourth-order valence-corrected chi connectivity index (χ4v) is 2.87. The maximum Gasteiger partial charge on any atom is 0.339 e. The third-order valence-corrected chi connectivity index (χ3v) is 4.29. The molecule has 9 heteroatoms. The molecule has 1 aliphatic rings. The minimum Gasteiger partial charge on any atom is -0.507 e. The number of aromatic hydroxyl groups is 1. The van der Waals surface area contributed by atoms with Crippen LogP contribution in [0.4, 0.5) is 5.69 Å². The first-order chi connectivity index (χ1) is 12.8. The maximum atomic E-state index is 12.8. The topological polar surface area (TPSA) is 107 Å².